The number of aryl methyl sites for hydroxylation is 1. The van der Waals surface area contributed by atoms with Crippen LogP contribution in [0.15, 0.2) is 29.6 Å². The van der Waals surface area contributed by atoms with Gasteiger partial charge in [0.05, 0.1) is 6.04 Å². The fourth-order valence-electron chi connectivity index (χ4n) is 2.11. The summed E-state index contributed by atoms with van der Waals surface area (Å²) in [7, 11) is 0. The average molecular weight is 314 g/mol. The molecule has 2 aromatic rings. The Kier molecular flexibility index (Phi) is 5.28. The predicted molar refractivity (Wildman–Crippen MR) is 85.7 cm³/mol. The first-order valence-electron chi connectivity index (χ1n) is 6.35. The summed E-state index contributed by atoms with van der Waals surface area (Å²) in [5, 5.41) is 7.15. The van der Waals surface area contributed by atoms with Gasteiger partial charge in [0.15, 0.2) is 0 Å². The molecule has 1 nitrogen and oxygen atoms in total. The highest BCUT2D eigenvalue weighted by Gasteiger charge is 2.19. The van der Waals surface area contributed by atoms with Crippen LogP contribution >= 0.6 is 34.5 Å². The molecule has 19 heavy (non-hydrogen) atoms. The minimum absolute atomic E-state index is 0.109. The van der Waals surface area contributed by atoms with Crippen molar-refractivity contribution in [3.63, 3.8) is 0 Å². The quantitative estimate of drug-likeness (QED) is 0.773. The van der Waals surface area contributed by atoms with Crippen LogP contribution in [-0.2, 0) is 0 Å². The highest BCUT2D eigenvalue weighted by atomic mass is 35.5. The molecular weight excluding hydrogens is 297 g/mol. The highest BCUT2D eigenvalue weighted by Crippen LogP contribution is 2.33. The van der Waals surface area contributed by atoms with E-state index < -0.39 is 0 Å². The predicted octanol–water partition coefficient (Wildman–Crippen LogP) is 5.45. The molecule has 0 spiro atoms. The second kappa shape index (κ2) is 6.76. The summed E-state index contributed by atoms with van der Waals surface area (Å²) in [6.45, 7) is 5.24. The molecule has 0 aliphatic carbocycles. The summed E-state index contributed by atoms with van der Waals surface area (Å²) >= 11 is 14.2. The van der Waals surface area contributed by atoms with Crippen LogP contribution < -0.4 is 5.32 Å². The zero-order valence-corrected chi connectivity index (χ0v) is 13.4. The first-order chi connectivity index (χ1) is 9.13. The van der Waals surface area contributed by atoms with Crippen molar-refractivity contribution in [3.8, 4) is 0 Å². The molecule has 0 saturated carbocycles. The molecule has 0 bridgehead atoms. The fourth-order valence-corrected chi connectivity index (χ4v) is 3.25. The van der Waals surface area contributed by atoms with Crippen LogP contribution in [0.4, 0.5) is 0 Å². The zero-order valence-electron chi connectivity index (χ0n) is 11.0. The first kappa shape index (κ1) is 14.9. The van der Waals surface area contributed by atoms with Crippen LogP contribution in [0.2, 0.25) is 10.0 Å². The molecular formula is C15H17Cl2NS. The number of thiophene rings is 1. The Morgan fingerprint density at radius 3 is 2.63 bits per heavy atom. The van der Waals surface area contributed by atoms with E-state index in [1.807, 2.05) is 18.2 Å². The highest BCUT2D eigenvalue weighted by molar-refractivity contribution is 7.10. The van der Waals surface area contributed by atoms with E-state index in [0.29, 0.717) is 0 Å². The molecule has 1 N–H and O–H groups in total. The van der Waals surface area contributed by atoms with E-state index in [9.17, 15) is 0 Å². The lowest BCUT2D eigenvalue weighted by Crippen LogP contribution is -2.23. The van der Waals surface area contributed by atoms with E-state index >= 15 is 0 Å². The molecule has 1 aromatic heterocycles. The molecule has 1 atom stereocenters. The normalized spacial score (nSPS) is 12.6. The average Bonchev–Trinajstić information content (AvgIpc) is 2.80. The van der Waals surface area contributed by atoms with Crippen LogP contribution in [0, 0.1) is 6.92 Å². The van der Waals surface area contributed by atoms with Crippen LogP contribution in [0.25, 0.3) is 0 Å². The summed E-state index contributed by atoms with van der Waals surface area (Å²) in [6, 6.07) is 7.91. The molecule has 1 heterocycles. The Labute approximate surface area is 128 Å². The van der Waals surface area contributed by atoms with Gasteiger partial charge < -0.3 is 5.32 Å². The number of halogens is 2. The van der Waals surface area contributed by atoms with Crippen molar-refractivity contribution in [1.29, 1.82) is 0 Å². The van der Waals surface area contributed by atoms with Gasteiger partial charge in [-0.1, -0.05) is 30.1 Å². The van der Waals surface area contributed by atoms with Crippen LogP contribution in [0.3, 0.4) is 0 Å². The van der Waals surface area contributed by atoms with Crippen molar-refractivity contribution in [1.82, 2.24) is 5.32 Å². The number of hydrogen-bond donors (Lipinski definition) is 1. The van der Waals surface area contributed by atoms with Gasteiger partial charge in [-0.3, -0.25) is 0 Å². The van der Waals surface area contributed by atoms with Crippen molar-refractivity contribution in [3.05, 3.63) is 55.7 Å². The molecule has 0 amide bonds. The minimum atomic E-state index is 0.109. The van der Waals surface area contributed by atoms with Crippen molar-refractivity contribution < 1.29 is 0 Å². The molecule has 0 aliphatic heterocycles. The van der Waals surface area contributed by atoms with Gasteiger partial charge in [-0.2, -0.15) is 0 Å². The van der Waals surface area contributed by atoms with Gasteiger partial charge in [0.2, 0.25) is 0 Å². The van der Waals surface area contributed by atoms with E-state index in [4.69, 9.17) is 23.2 Å². The Bertz CT molecular complexity index is 551. The molecule has 0 radical (unpaired) electrons. The Morgan fingerprint density at radius 2 is 2.00 bits per heavy atom. The first-order valence-corrected chi connectivity index (χ1v) is 7.99. The second-order valence-corrected chi connectivity index (χ2v) is 6.45. The van der Waals surface area contributed by atoms with Crippen LogP contribution in [0.1, 0.15) is 35.4 Å². The van der Waals surface area contributed by atoms with Gasteiger partial charge in [0.1, 0.15) is 0 Å². The van der Waals surface area contributed by atoms with Gasteiger partial charge >= 0.3 is 0 Å². The van der Waals surface area contributed by atoms with Crippen molar-refractivity contribution in [2.45, 2.75) is 26.3 Å². The third-order valence-corrected chi connectivity index (χ3v) is 4.52. The van der Waals surface area contributed by atoms with E-state index in [0.717, 1.165) is 28.6 Å². The maximum atomic E-state index is 6.34. The third kappa shape index (κ3) is 3.51. The van der Waals surface area contributed by atoms with Gasteiger partial charge in [-0.15, -0.1) is 11.3 Å². The van der Waals surface area contributed by atoms with Crippen LogP contribution in [0.5, 0.6) is 0 Å². The van der Waals surface area contributed by atoms with Gasteiger partial charge in [0.25, 0.3) is 0 Å². The summed E-state index contributed by atoms with van der Waals surface area (Å²) in [4.78, 5) is 1.31. The SMILES string of the molecule is CCCNC(c1cc(Cl)ccc1Cl)c1ccsc1C. The summed E-state index contributed by atoms with van der Waals surface area (Å²) in [5.41, 5.74) is 2.33. The largest absolute Gasteiger partial charge is 0.306 e. The molecule has 102 valence electrons. The lowest BCUT2D eigenvalue weighted by atomic mass is 9.99. The summed E-state index contributed by atoms with van der Waals surface area (Å²) in [5.74, 6) is 0. The minimum Gasteiger partial charge on any atom is -0.306 e. The van der Waals surface area contributed by atoms with E-state index in [1.54, 1.807) is 11.3 Å². The number of hydrogen-bond acceptors (Lipinski definition) is 2. The van der Waals surface area contributed by atoms with Gasteiger partial charge in [-0.05, 0) is 60.7 Å². The Morgan fingerprint density at radius 1 is 1.21 bits per heavy atom. The lowest BCUT2D eigenvalue weighted by Gasteiger charge is -2.21. The van der Waals surface area contributed by atoms with Crippen molar-refractivity contribution >= 4 is 34.5 Å². The van der Waals surface area contributed by atoms with Crippen molar-refractivity contribution in [2.75, 3.05) is 6.54 Å². The number of rotatable bonds is 5. The maximum absolute atomic E-state index is 6.34. The number of nitrogens with one attached hydrogen (secondary N) is 1. The summed E-state index contributed by atoms with van der Waals surface area (Å²) in [6.07, 6.45) is 1.08. The molecule has 0 fully saturated rings. The van der Waals surface area contributed by atoms with Crippen molar-refractivity contribution in [2.24, 2.45) is 0 Å². The molecule has 2 rings (SSSR count). The zero-order chi connectivity index (χ0) is 13.8. The molecule has 0 saturated heterocycles. The van der Waals surface area contributed by atoms with E-state index in [2.05, 4.69) is 30.6 Å². The van der Waals surface area contributed by atoms with E-state index in [-0.39, 0.29) is 6.04 Å². The lowest BCUT2D eigenvalue weighted by molar-refractivity contribution is 0.598. The van der Waals surface area contributed by atoms with Gasteiger partial charge in [0, 0.05) is 14.9 Å². The molecule has 4 heteroatoms. The molecule has 1 unspecified atom stereocenters. The van der Waals surface area contributed by atoms with E-state index in [1.165, 1.54) is 10.4 Å². The number of benzene rings is 1. The smallest absolute Gasteiger partial charge is 0.0602 e. The molecule has 0 aliphatic rings. The van der Waals surface area contributed by atoms with Gasteiger partial charge in [-0.25, -0.2) is 0 Å². The third-order valence-electron chi connectivity index (χ3n) is 3.08. The Hall–Kier alpha value is -0.540. The maximum Gasteiger partial charge on any atom is 0.0602 e. The standard InChI is InChI=1S/C15H17Cl2NS/c1-3-7-18-15(12-6-8-19-10(12)2)13-9-11(16)4-5-14(13)17/h4-6,8-9,15,18H,3,7H2,1-2H3. The van der Waals surface area contributed by atoms with Crippen LogP contribution in [-0.4, -0.2) is 6.54 Å². The topological polar surface area (TPSA) is 12.0 Å². The fraction of sp³-hybridized carbons (Fsp3) is 0.333. The Balaban J connectivity index is 2.42. The molecule has 1 aromatic carbocycles. The second-order valence-electron chi connectivity index (χ2n) is 4.49. The summed E-state index contributed by atoms with van der Waals surface area (Å²) < 4.78 is 0. The monoisotopic (exact) mass is 313 g/mol.